The molecule has 0 aromatic rings. The monoisotopic (exact) mass is 750 g/mol. The van der Waals surface area contributed by atoms with Crippen molar-refractivity contribution in [2.24, 2.45) is 0 Å². The number of rotatable bonds is 34. The quantitative estimate of drug-likeness (QED) is 0.0285. The van der Waals surface area contributed by atoms with Gasteiger partial charge in [0, 0.05) is 6.42 Å². The standard InChI is InChI=1S/C44H79NO8/c1-3-5-7-9-10-11-12-13-14-15-16-17-18-19-20-21-22-23-24-25-26-27-28-30-32-34-40(48)45-37(38(47)33-31-29-8-6-4-2)36-52-44-43(51)42(50)41(49)39(35-46)53-44/h5,7,10-11,13-14,16-17,37-39,41-44,46-47,49-51H,3-4,6,8-9,12,15,18-36H2,1-2H3,(H,45,48)/b7-5-,11-10-,14-13-,17-16-. The summed E-state index contributed by atoms with van der Waals surface area (Å²) in [5.41, 5.74) is 0. The maximum Gasteiger partial charge on any atom is 0.220 e. The summed E-state index contributed by atoms with van der Waals surface area (Å²) < 4.78 is 11.1. The Labute approximate surface area is 323 Å². The van der Waals surface area contributed by atoms with Gasteiger partial charge in [-0.3, -0.25) is 4.79 Å². The number of ether oxygens (including phenoxy) is 2. The Morgan fingerprint density at radius 1 is 0.660 bits per heavy atom. The molecule has 9 heteroatoms. The zero-order chi connectivity index (χ0) is 38.8. The molecule has 1 aliphatic heterocycles. The van der Waals surface area contributed by atoms with Crippen LogP contribution in [0.25, 0.3) is 0 Å². The fraction of sp³-hybridized carbons (Fsp3) is 0.795. The third-order valence-electron chi connectivity index (χ3n) is 9.95. The van der Waals surface area contributed by atoms with Gasteiger partial charge in [-0.2, -0.15) is 0 Å². The molecule has 1 heterocycles. The highest BCUT2D eigenvalue weighted by atomic mass is 16.7. The molecule has 0 bridgehead atoms. The van der Waals surface area contributed by atoms with Crippen molar-refractivity contribution in [1.29, 1.82) is 0 Å². The predicted octanol–water partition coefficient (Wildman–Crippen LogP) is 8.28. The Hall–Kier alpha value is -1.85. The van der Waals surface area contributed by atoms with Crippen LogP contribution < -0.4 is 5.32 Å². The highest BCUT2D eigenvalue weighted by Gasteiger charge is 2.44. The molecule has 1 aliphatic rings. The van der Waals surface area contributed by atoms with Gasteiger partial charge in [0.15, 0.2) is 6.29 Å². The molecule has 7 unspecified atom stereocenters. The van der Waals surface area contributed by atoms with Crippen molar-refractivity contribution in [2.75, 3.05) is 13.2 Å². The molecule has 53 heavy (non-hydrogen) atoms. The van der Waals surface area contributed by atoms with E-state index in [0.29, 0.717) is 12.8 Å². The van der Waals surface area contributed by atoms with E-state index < -0.39 is 49.5 Å². The largest absolute Gasteiger partial charge is 0.394 e. The SMILES string of the molecule is CC/C=C\C/C=C\C/C=C\C/C=C\CCCCCCCCCCCCCCC(=O)NC(COC1OC(CO)C(O)C(O)C1O)C(O)CCCCCCC. The van der Waals surface area contributed by atoms with Crippen molar-refractivity contribution in [2.45, 2.75) is 211 Å². The number of nitrogens with one attached hydrogen (secondary N) is 1. The van der Waals surface area contributed by atoms with Gasteiger partial charge in [0.2, 0.25) is 5.91 Å². The number of hydrogen-bond acceptors (Lipinski definition) is 8. The van der Waals surface area contributed by atoms with Gasteiger partial charge in [-0.05, 0) is 51.4 Å². The first-order valence-electron chi connectivity index (χ1n) is 21.3. The van der Waals surface area contributed by atoms with Crippen molar-refractivity contribution in [3.63, 3.8) is 0 Å². The van der Waals surface area contributed by atoms with E-state index in [1.807, 2.05) is 0 Å². The van der Waals surface area contributed by atoms with E-state index in [9.17, 15) is 30.3 Å². The molecule has 1 amide bonds. The number of allylic oxidation sites excluding steroid dienone is 8. The molecule has 0 spiro atoms. The number of amides is 1. The lowest BCUT2D eigenvalue weighted by molar-refractivity contribution is -0.302. The van der Waals surface area contributed by atoms with Crippen LogP contribution in [-0.4, -0.2) is 87.5 Å². The normalized spacial score (nSPS) is 22.1. The molecule has 0 saturated carbocycles. The van der Waals surface area contributed by atoms with E-state index in [1.54, 1.807) is 0 Å². The van der Waals surface area contributed by atoms with Crippen molar-refractivity contribution in [1.82, 2.24) is 5.32 Å². The second-order valence-corrected chi connectivity index (χ2v) is 14.8. The van der Waals surface area contributed by atoms with Crippen molar-refractivity contribution in [3.05, 3.63) is 48.6 Å². The first-order chi connectivity index (χ1) is 25.8. The van der Waals surface area contributed by atoms with E-state index in [4.69, 9.17) is 9.47 Å². The minimum atomic E-state index is -1.55. The summed E-state index contributed by atoms with van der Waals surface area (Å²) in [4.78, 5) is 12.8. The Kier molecular flexibility index (Phi) is 32.1. The fourth-order valence-corrected chi connectivity index (χ4v) is 6.50. The topological polar surface area (TPSA) is 149 Å². The summed E-state index contributed by atoms with van der Waals surface area (Å²) in [6.07, 6.45) is 36.0. The van der Waals surface area contributed by atoms with Crippen LogP contribution in [0.15, 0.2) is 48.6 Å². The number of hydrogen-bond donors (Lipinski definition) is 6. The van der Waals surface area contributed by atoms with Crippen molar-refractivity contribution < 1.29 is 39.8 Å². The summed E-state index contributed by atoms with van der Waals surface area (Å²) in [6, 6.07) is -0.716. The second-order valence-electron chi connectivity index (χ2n) is 14.8. The summed E-state index contributed by atoms with van der Waals surface area (Å²) >= 11 is 0. The highest BCUT2D eigenvalue weighted by molar-refractivity contribution is 5.76. The van der Waals surface area contributed by atoms with Gasteiger partial charge in [-0.15, -0.1) is 0 Å². The lowest BCUT2D eigenvalue weighted by atomic mass is 9.99. The number of aliphatic hydroxyl groups is 5. The van der Waals surface area contributed by atoms with Crippen LogP contribution in [0.5, 0.6) is 0 Å². The third kappa shape index (κ3) is 25.8. The van der Waals surface area contributed by atoms with E-state index in [-0.39, 0.29) is 12.5 Å². The first kappa shape index (κ1) is 49.2. The molecular formula is C44H79NO8. The Balaban J connectivity index is 2.15. The summed E-state index contributed by atoms with van der Waals surface area (Å²) in [5, 5.41) is 53.8. The van der Waals surface area contributed by atoms with Crippen LogP contribution >= 0.6 is 0 Å². The zero-order valence-electron chi connectivity index (χ0n) is 33.5. The number of aliphatic hydroxyl groups excluding tert-OH is 5. The van der Waals surface area contributed by atoms with Crippen molar-refractivity contribution in [3.8, 4) is 0 Å². The highest BCUT2D eigenvalue weighted by Crippen LogP contribution is 2.23. The molecule has 1 rings (SSSR count). The van der Waals surface area contributed by atoms with E-state index in [2.05, 4.69) is 67.8 Å². The average Bonchev–Trinajstić information content (AvgIpc) is 3.16. The Morgan fingerprint density at radius 3 is 1.74 bits per heavy atom. The lowest BCUT2D eigenvalue weighted by Gasteiger charge is -2.40. The number of carbonyl (C=O) groups excluding carboxylic acids is 1. The molecule has 308 valence electrons. The van der Waals surface area contributed by atoms with Gasteiger partial charge in [-0.25, -0.2) is 0 Å². The molecule has 6 N–H and O–H groups in total. The molecule has 9 nitrogen and oxygen atoms in total. The van der Waals surface area contributed by atoms with Gasteiger partial charge in [0.05, 0.1) is 25.4 Å². The van der Waals surface area contributed by atoms with Crippen LogP contribution in [0, 0.1) is 0 Å². The second kappa shape index (κ2) is 34.6. The summed E-state index contributed by atoms with van der Waals surface area (Å²) in [5.74, 6) is -0.157. The molecule has 0 aliphatic carbocycles. The smallest absolute Gasteiger partial charge is 0.220 e. The fourth-order valence-electron chi connectivity index (χ4n) is 6.50. The van der Waals surface area contributed by atoms with Gasteiger partial charge in [0.25, 0.3) is 0 Å². The van der Waals surface area contributed by atoms with Gasteiger partial charge >= 0.3 is 0 Å². The minimum Gasteiger partial charge on any atom is -0.394 e. The van der Waals surface area contributed by atoms with E-state index >= 15 is 0 Å². The average molecular weight is 750 g/mol. The van der Waals surface area contributed by atoms with Crippen LogP contribution in [0.2, 0.25) is 0 Å². The molecule has 1 saturated heterocycles. The van der Waals surface area contributed by atoms with Gasteiger partial charge in [-0.1, -0.05) is 159 Å². The zero-order valence-corrected chi connectivity index (χ0v) is 33.5. The number of carbonyl (C=O) groups is 1. The first-order valence-corrected chi connectivity index (χ1v) is 21.3. The molecule has 1 fully saturated rings. The maximum atomic E-state index is 12.8. The molecule has 0 aromatic heterocycles. The van der Waals surface area contributed by atoms with E-state index in [1.165, 1.54) is 64.2 Å². The Bertz CT molecular complexity index is 967. The maximum absolute atomic E-state index is 12.8. The number of unbranched alkanes of at least 4 members (excludes halogenated alkanes) is 16. The predicted molar refractivity (Wildman–Crippen MR) is 216 cm³/mol. The molecule has 0 radical (unpaired) electrons. The van der Waals surface area contributed by atoms with Crippen LogP contribution in [-0.2, 0) is 14.3 Å². The van der Waals surface area contributed by atoms with Gasteiger partial charge in [0.1, 0.15) is 24.4 Å². The lowest BCUT2D eigenvalue weighted by Crippen LogP contribution is -2.60. The molecular weight excluding hydrogens is 670 g/mol. The molecule has 0 aromatic carbocycles. The van der Waals surface area contributed by atoms with Crippen molar-refractivity contribution >= 4 is 5.91 Å². The Morgan fingerprint density at radius 2 is 1.17 bits per heavy atom. The van der Waals surface area contributed by atoms with Gasteiger partial charge < -0.3 is 40.3 Å². The molecule has 7 atom stereocenters. The summed E-state index contributed by atoms with van der Waals surface area (Å²) in [7, 11) is 0. The third-order valence-corrected chi connectivity index (χ3v) is 9.95. The van der Waals surface area contributed by atoms with E-state index in [0.717, 1.165) is 77.0 Å². The minimum absolute atomic E-state index is 0.142. The van der Waals surface area contributed by atoms with Crippen LogP contribution in [0.4, 0.5) is 0 Å². The van der Waals surface area contributed by atoms with Crippen LogP contribution in [0.1, 0.15) is 168 Å². The van der Waals surface area contributed by atoms with Crippen LogP contribution in [0.3, 0.4) is 0 Å². The summed E-state index contributed by atoms with van der Waals surface area (Å²) in [6.45, 7) is 3.61.